The molecule has 0 spiro atoms. The van der Waals surface area contributed by atoms with Crippen molar-refractivity contribution in [2.24, 2.45) is 5.92 Å². The van der Waals surface area contributed by atoms with E-state index < -0.39 is 16.1 Å². The van der Waals surface area contributed by atoms with Gasteiger partial charge >= 0.3 is 0 Å². The number of benzene rings is 3. The minimum atomic E-state index is -3.51. The van der Waals surface area contributed by atoms with E-state index in [1.807, 2.05) is 32.2 Å². The molecular weight excluding hydrogens is 582 g/mol. The number of rotatable bonds is 10. The summed E-state index contributed by atoms with van der Waals surface area (Å²) in [6, 6.07) is 19.0. The molecule has 0 aromatic heterocycles. The van der Waals surface area contributed by atoms with Gasteiger partial charge in [-0.1, -0.05) is 31.2 Å². The molecule has 0 fully saturated rings. The minimum Gasteiger partial charge on any atom is -0.488 e. The van der Waals surface area contributed by atoms with Crippen LogP contribution < -0.4 is 20.5 Å². The van der Waals surface area contributed by atoms with E-state index in [0.717, 1.165) is 11.8 Å². The van der Waals surface area contributed by atoms with E-state index in [2.05, 4.69) is 14.9 Å². The maximum absolute atomic E-state index is 13.4. The molecule has 0 saturated carbocycles. The number of nitrogens with one attached hydrogen (secondary N) is 2. The highest BCUT2D eigenvalue weighted by Crippen LogP contribution is 2.29. The zero-order valence-electron chi connectivity index (χ0n) is 25.5. The average Bonchev–Trinajstić information content (AvgIpc) is 3.00. The van der Waals surface area contributed by atoms with Crippen molar-refractivity contribution in [2.75, 3.05) is 48.8 Å². The number of fused-ring (bicyclic) bond motifs is 1. The minimum absolute atomic E-state index is 0.00499. The Morgan fingerprint density at radius 1 is 1.16 bits per heavy atom. The lowest BCUT2D eigenvalue weighted by Gasteiger charge is -2.34. The summed E-state index contributed by atoms with van der Waals surface area (Å²) in [4.78, 5) is 29.9. The number of ether oxygens (including phenoxy) is 1. The SMILES string of the molecule is C[C@H]1CN([C@@H](C)CO)C(=O)Cc2cc(NS(C)(=O)=O)ccc2O[C@@H]1CN(C)Cc1ccc(C(=O)Nc2ccccc2N)cc1. The van der Waals surface area contributed by atoms with Crippen LogP contribution in [0.3, 0.4) is 0 Å². The molecule has 2 amide bonds. The molecule has 3 aromatic carbocycles. The Kier molecular flexibility index (Phi) is 10.5. The topological polar surface area (TPSA) is 154 Å². The van der Waals surface area contributed by atoms with Gasteiger partial charge < -0.3 is 25.8 Å². The summed E-state index contributed by atoms with van der Waals surface area (Å²) in [7, 11) is -1.54. The van der Waals surface area contributed by atoms with Gasteiger partial charge in [0.1, 0.15) is 11.9 Å². The fourth-order valence-electron chi connectivity index (χ4n) is 5.18. The first-order chi connectivity index (χ1) is 20.8. The lowest BCUT2D eigenvalue weighted by molar-refractivity contribution is -0.134. The van der Waals surface area contributed by atoms with Crippen LogP contribution in [-0.2, 0) is 27.8 Å². The normalized spacial score (nSPS) is 18.0. The largest absolute Gasteiger partial charge is 0.488 e. The number of amides is 2. The van der Waals surface area contributed by atoms with E-state index in [1.54, 1.807) is 60.4 Å². The van der Waals surface area contributed by atoms with E-state index >= 15 is 0 Å². The van der Waals surface area contributed by atoms with Gasteiger partial charge in [0.15, 0.2) is 0 Å². The highest BCUT2D eigenvalue weighted by Gasteiger charge is 2.31. The number of sulfonamides is 1. The van der Waals surface area contributed by atoms with Gasteiger partial charge in [0.05, 0.1) is 36.7 Å². The number of carbonyl (C=O) groups is 2. The molecule has 0 aliphatic carbocycles. The summed E-state index contributed by atoms with van der Waals surface area (Å²) >= 11 is 0. The highest BCUT2D eigenvalue weighted by atomic mass is 32.2. The second-order valence-corrected chi connectivity index (χ2v) is 13.3. The van der Waals surface area contributed by atoms with E-state index in [4.69, 9.17) is 10.5 Å². The lowest BCUT2D eigenvalue weighted by Crippen LogP contribution is -2.47. The van der Waals surface area contributed by atoms with Crippen molar-refractivity contribution >= 4 is 38.9 Å². The number of hydrogen-bond acceptors (Lipinski definition) is 8. The Balaban J connectivity index is 1.50. The summed E-state index contributed by atoms with van der Waals surface area (Å²) in [5, 5.41) is 12.7. The van der Waals surface area contributed by atoms with Crippen molar-refractivity contribution in [2.45, 2.75) is 39.0 Å². The molecule has 4 rings (SSSR count). The molecule has 0 saturated heterocycles. The molecule has 0 radical (unpaired) electrons. The predicted octanol–water partition coefficient (Wildman–Crippen LogP) is 3.17. The molecule has 0 unspecified atom stereocenters. The third kappa shape index (κ3) is 8.71. The zero-order valence-corrected chi connectivity index (χ0v) is 26.3. The van der Waals surface area contributed by atoms with Gasteiger partial charge in [-0.2, -0.15) is 0 Å². The molecule has 44 heavy (non-hydrogen) atoms. The van der Waals surface area contributed by atoms with Crippen molar-refractivity contribution in [1.29, 1.82) is 0 Å². The van der Waals surface area contributed by atoms with Crippen molar-refractivity contribution in [1.82, 2.24) is 9.80 Å². The van der Waals surface area contributed by atoms with Crippen LogP contribution in [0.1, 0.15) is 35.3 Å². The first-order valence-corrected chi connectivity index (χ1v) is 16.3. The molecule has 1 aliphatic rings. The standard InChI is InChI=1S/C32H41N5O6S/c1-21-17-37(22(2)20-38)31(39)16-25-15-26(35-44(4,41)42)13-14-29(25)43-30(21)19-36(3)18-23-9-11-24(12-10-23)32(40)34-28-8-6-5-7-27(28)33/h5-15,21-22,30,35,38H,16-20,33H2,1-4H3,(H,34,40)/t21-,22-,30+/m0/s1. The summed E-state index contributed by atoms with van der Waals surface area (Å²) in [6.45, 7) is 5.12. The van der Waals surface area contributed by atoms with Gasteiger partial charge in [-0.25, -0.2) is 8.42 Å². The molecule has 1 heterocycles. The number of nitrogens with two attached hydrogens (primary N) is 1. The number of nitrogens with zero attached hydrogens (tertiary/aromatic N) is 2. The Labute approximate surface area is 259 Å². The molecular formula is C32H41N5O6S. The maximum Gasteiger partial charge on any atom is 0.255 e. The summed E-state index contributed by atoms with van der Waals surface area (Å²) in [5.41, 5.74) is 9.41. The van der Waals surface area contributed by atoms with Gasteiger partial charge in [0, 0.05) is 42.4 Å². The van der Waals surface area contributed by atoms with Crippen molar-refractivity contribution in [3.63, 3.8) is 0 Å². The van der Waals surface area contributed by atoms with Gasteiger partial charge in [-0.05, 0) is 62.0 Å². The Bertz CT molecular complexity index is 1580. The summed E-state index contributed by atoms with van der Waals surface area (Å²) < 4.78 is 32.6. The Morgan fingerprint density at radius 2 is 1.86 bits per heavy atom. The fourth-order valence-corrected chi connectivity index (χ4v) is 5.73. The van der Waals surface area contributed by atoms with Crippen LogP contribution in [0, 0.1) is 5.92 Å². The smallest absolute Gasteiger partial charge is 0.255 e. The van der Waals surface area contributed by atoms with Crippen LogP contribution in [0.4, 0.5) is 17.1 Å². The number of para-hydroxylation sites is 2. The molecule has 12 heteroatoms. The van der Waals surface area contributed by atoms with Crippen molar-refractivity contribution < 1.29 is 27.9 Å². The Hall–Kier alpha value is -4.13. The Morgan fingerprint density at radius 3 is 2.52 bits per heavy atom. The highest BCUT2D eigenvalue weighted by molar-refractivity contribution is 7.92. The van der Waals surface area contributed by atoms with Gasteiger partial charge in [0.25, 0.3) is 5.91 Å². The maximum atomic E-state index is 13.4. The average molecular weight is 624 g/mol. The molecule has 11 nitrogen and oxygen atoms in total. The number of hydrogen-bond donors (Lipinski definition) is 4. The van der Waals surface area contributed by atoms with Gasteiger partial charge in [-0.3, -0.25) is 19.2 Å². The van der Waals surface area contributed by atoms with Crippen LogP contribution in [0.2, 0.25) is 0 Å². The number of nitrogen functional groups attached to an aromatic ring is 1. The fraction of sp³-hybridized carbons (Fsp3) is 0.375. The van der Waals surface area contributed by atoms with Crippen LogP contribution >= 0.6 is 0 Å². The second kappa shape index (κ2) is 14.1. The van der Waals surface area contributed by atoms with E-state index in [9.17, 15) is 23.1 Å². The van der Waals surface area contributed by atoms with Gasteiger partial charge in [0.2, 0.25) is 15.9 Å². The van der Waals surface area contributed by atoms with Crippen LogP contribution in [-0.4, -0.2) is 80.3 Å². The zero-order chi connectivity index (χ0) is 32.0. The van der Waals surface area contributed by atoms with Crippen LogP contribution in [0.15, 0.2) is 66.7 Å². The van der Waals surface area contributed by atoms with Crippen molar-refractivity contribution in [3.05, 3.63) is 83.4 Å². The number of likely N-dealkylation sites (N-methyl/N-ethyl adjacent to an activating group) is 1. The van der Waals surface area contributed by atoms with E-state index in [0.29, 0.717) is 53.6 Å². The monoisotopic (exact) mass is 623 g/mol. The quantitative estimate of drug-likeness (QED) is 0.251. The molecule has 3 aromatic rings. The molecule has 0 bridgehead atoms. The second-order valence-electron chi connectivity index (χ2n) is 11.5. The van der Waals surface area contributed by atoms with Crippen LogP contribution in [0.5, 0.6) is 5.75 Å². The number of aliphatic hydroxyl groups is 1. The first kappa shape index (κ1) is 32.8. The molecule has 236 valence electrons. The van der Waals surface area contributed by atoms with Crippen LogP contribution in [0.25, 0.3) is 0 Å². The molecule has 1 aliphatic heterocycles. The predicted molar refractivity (Wildman–Crippen MR) is 172 cm³/mol. The van der Waals surface area contributed by atoms with Crippen molar-refractivity contribution in [3.8, 4) is 5.75 Å². The number of anilines is 3. The van der Waals surface area contributed by atoms with E-state index in [-0.39, 0.29) is 36.9 Å². The number of aliphatic hydroxyl groups excluding tert-OH is 1. The molecule has 5 N–H and O–H groups in total. The third-order valence-electron chi connectivity index (χ3n) is 7.59. The lowest BCUT2D eigenvalue weighted by atomic mass is 10.0. The third-order valence-corrected chi connectivity index (χ3v) is 8.20. The first-order valence-electron chi connectivity index (χ1n) is 14.4. The van der Waals surface area contributed by atoms with E-state index in [1.165, 1.54) is 0 Å². The molecule has 3 atom stereocenters. The number of carbonyl (C=O) groups excluding carboxylic acids is 2. The summed E-state index contributed by atoms with van der Waals surface area (Å²) in [6.07, 6.45) is 0.747. The van der Waals surface area contributed by atoms with Gasteiger partial charge in [-0.15, -0.1) is 0 Å². The summed E-state index contributed by atoms with van der Waals surface area (Å²) in [5.74, 6) is -0.00421.